The molecule has 28 heteroatoms. The van der Waals surface area contributed by atoms with Crippen LogP contribution in [-0.2, 0) is 13.0 Å². The smallest absolute Gasteiger partial charge is 0.344 e. The average Bonchev–Trinajstić information content (AvgIpc) is 1.67. The Labute approximate surface area is 559 Å². The van der Waals surface area contributed by atoms with Gasteiger partial charge in [-0.3, -0.25) is 9.80 Å². The Morgan fingerprint density at radius 2 is 1.34 bits per heavy atom. The van der Waals surface area contributed by atoms with Gasteiger partial charge in [0.25, 0.3) is 0 Å². The Balaban J connectivity index is 0.658. The van der Waals surface area contributed by atoms with E-state index in [0.29, 0.717) is 81.1 Å². The number of anilines is 4. The molecule has 5 N–H and O–H groups in total. The number of fused-ring (bicyclic) bond motifs is 9. The number of carbonyl (C=O) groups excluding carboxylic acids is 1. The van der Waals surface area contributed by atoms with Crippen molar-refractivity contribution in [2.45, 2.75) is 100 Å². The molecule has 488 valence electrons. The summed E-state index contributed by atoms with van der Waals surface area (Å²) in [4.78, 5) is 44.0. The molecule has 0 radical (unpaired) electrons. The number of hydrogen-bond donors (Lipinski definition) is 3. The van der Waals surface area contributed by atoms with E-state index in [1.807, 2.05) is 4.90 Å². The summed E-state index contributed by atoms with van der Waals surface area (Å²) < 4.78 is 95.4. The van der Waals surface area contributed by atoms with Crippen LogP contribution in [-0.4, -0.2) is 152 Å². The van der Waals surface area contributed by atoms with Crippen LogP contribution in [0.3, 0.4) is 0 Å². The molecule has 95 heavy (non-hydrogen) atoms. The van der Waals surface area contributed by atoms with E-state index in [1.165, 1.54) is 28.9 Å². The van der Waals surface area contributed by atoms with Crippen molar-refractivity contribution in [1.29, 1.82) is 10.5 Å². The maximum absolute atomic E-state index is 17.7. The number of nitrogen functional groups attached to an aromatic ring is 2. The van der Waals surface area contributed by atoms with E-state index in [2.05, 4.69) is 43.2 Å². The topological polar surface area (TPSA) is 233 Å². The Kier molecular flexibility index (Phi) is 15.3. The van der Waals surface area contributed by atoms with Crippen molar-refractivity contribution < 1.29 is 36.2 Å². The molecule has 6 fully saturated rings. The van der Waals surface area contributed by atoms with Gasteiger partial charge in [-0.05, 0) is 106 Å². The van der Waals surface area contributed by atoms with Gasteiger partial charge in [0.2, 0.25) is 0 Å². The third-order valence-electron chi connectivity index (χ3n) is 20.5. The van der Waals surface area contributed by atoms with Crippen LogP contribution in [0.25, 0.3) is 64.2 Å². The fourth-order valence-corrected chi connectivity index (χ4v) is 18.6. The molecule has 0 aliphatic carbocycles. The SMILES string of the molecule is CN(C/C=C1\CN2CCC[C@@]2(COc2nc(N3CC4CCC(C3)N4)c3cc(Cl)c(-c4ccc(F)c5sc(N)c(C#N)c45)c(F)c3n2)C1)C(=O)n1cc2c(n1)CCCN(c1nc(OC[C@@]34CCCN3C[C@H](F)C4)nc3c(F)c(-c4ccc(F)c5sc(N)c(C#N)c45)c(Cl)cc13)C2. The first-order valence-electron chi connectivity index (χ1n) is 31.8. The highest BCUT2D eigenvalue weighted by molar-refractivity contribution is 7.23. The number of rotatable bonds is 12. The number of benzene rings is 4. The molecule has 1 amide bonds. The lowest BCUT2D eigenvalue weighted by Crippen LogP contribution is -2.51. The number of nitrogens with two attached hydrogens (primary N) is 2. The van der Waals surface area contributed by atoms with Gasteiger partial charge in [-0.25, -0.2) is 26.7 Å². The normalized spacial score (nSPS) is 23.1. The highest BCUT2D eigenvalue weighted by Crippen LogP contribution is 2.50. The van der Waals surface area contributed by atoms with Crippen molar-refractivity contribution in [3.05, 3.63) is 110 Å². The quantitative estimate of drug-likeness (QED) is 0.0762. The zero-order valence-electron chi connectivity index (χ0n) is 51.4. The molecule has 9 aromatic rings. The van der Waals surface area contributed by atoms with Crippen molar-refractivity contribution in [3.8, 4) is 46.4 Å². The summed E-state index contributed by atoms with van der Waals surface area (Å²) in [5, 5.41) is 29.9. The minimum atomic E-state index is -1.02. The molecule has 2 unspecified atom stereocenters. The number of aromatic nitrogens is 6. The van der Waals surface area contributed by atoms with Gasteiger partial charge in [0.05, 0.1) is 47.3 Å². The van der Waals surface area contributed by atoms with Gasteiger partial charge in [0.15, 0.2) is 11.6 Å². The maximum atomic E-state index is 17.7. The third kappa shape index (κ3) is 10.3. The summed E-state index contributed by atoms with van der Waals surface area (Å²) >= 11 is 15.9. The molecule has 0 saturated carbocycles. The number of nitrogens with one attached hydrogen (secondary N) is 1. The predicted octanol–water partition coefficient (Wildman–Crippen LogP) is 12.3. The van der Waals surface area contributed by atoms with E-state index in [9.17, 15) is 19.7 Å². The number of amides is 1. The van der Waals surface area contributed by atoms with Gasteiger partial charge in [0, 0.05) is 116 Å². The molecule has 4 aromatic carbocycles. The number of aryl methyl sites for hydroxylation is 1. The number of ether oxygens (including phenoxy) is 2. The minimum absolute atomic E-state index is 0.000355. The van der Waals surface area contributed by atoms with Crippen LogP contribution in [0.1, 0.15) is 80.2 Å². The van der Waals surface area contributed by atoms with Gasteiger partial charge in [0.1, 0.15) is 75.8 Å². The number of halogens is 7. The molecular weight excluding hydrogens is 1310 g/mol. The Bertz CT molecular complexity index is 4850. The molecule has 5 atom stereocenters. The molecule has 0 spiro atoms. The Morgan fingerprint density at radius 3 is 1.94 bits per heavy atom. The highest BCUT2D eigenvalue weighted by Gasteiger charge is 2.50. The molecular formula is C67H61Cl2F5N16O3S2. The molecule has 7 aliphatic heterocycles. The van der Waals surface area contributed by atoms with E-state index in [-0.39, 0.29) is 153 Å². The highest BCUT2D eigenvalue weighted by atomic mass is 35.5. The second kappa shape index (κ2) is 23.6. The summed E-state index contributed by atoms with van der Waals surface area (Å²) in [7, 11) is 1.72. The number of alkyl halides is 1. The van der Waals surface area contributed by atoms with Crippen LogP contribution in [0.4, 0.5) is 48.4 Å². The van der Waals surface area contributed by atoms with E-state index in [0.717, 1.165) is 79.0 Å². The summed E-state index contributed by atoms with van der Waals surface area (Å²) in [6.07, 6.45) is 10.1. The lowest BCUT2D eigenvalue weighted by atomic mass is 9.93. The van der Waals surface area contributed by atoms with Crippen molar-refractivity contribution in [2.24, 2.45) is 0 Å². The second-order valence-electron chi connectivity index (χ2n) is 26.3. The van der Waals surface area contributed by atoms with E-state index < -0.39 is 40.5 Å². The van der Waals surface area contributed by atoms with Crippen LogP contribution >= 0.6 is 45.9 Å². The van der Waals surface area contributed by atoms with Gasteiger partial charge in [-0.2, -0.15) is 40.2 Å². The van der Waals surface area contributed by atoms with Crippen molar-refractivity contribution in [2.75, 3.05) is 93.9 Å². The Morgan fingerprint density at radius 1 is 0.768 bits per heavy atom. The standard InChI is InChI=1S/C67H61Cl2F5N16O3S2/c1-85(18-12-33-21-66(13-3-16-88(66)25-33)31-92-64-81-56-41(62(83-64)87-29-36-6-7-37(30-87)79-36)20-45(69)52(54(56)74)39-9-11-47(72)58-50(39)43(24-76)60(78)95-58)65(91)90-27-34-26-86(15-2-5-48(34)84-90)61-40-19-44(68)51(38-8-10-46(71)57-49(38)42(23-75)59(77)94-57)53(73)55(40)80-63(82-61)93-32-67-14-4-17-89(67)28-35(70)22-67/h8-12,19-20,27,35-37,79H,2-7,13-18,21-22,25-26,28-32,77-78H2,1H3/b33-12-/t35-,36?,37?,66+,67+/m1/s1. The number of nitriles is 2. The predicted molar refractivity (Wildman–Crippen MR) is 356 cm³/mol. The van der Waals surface area contributed by atoms with Crippen LogP contribution in [0.2, 0.25) is 10.0 Å². The number of piperazine rings is 1. The van der Waals surface area contributed by atoms with E-state index in [1.54, 1.807) is 30.3 Å². The lowest BCUT2D eigenvalue weighted by Gasteiger charge is -2.34. The van der Waals surface area contributed by atoms with Gasteiger partial charge >= 0.3 is 18.1 Å². The van der Waals surface area contributed by atoms with Crippen LogP contribution < -0.4 is 36.1 Å². The largest absolute Gasteiger partial charge is 0.461 e. The van der Waals surface area contributed by atoms with Crippen molar-refractivity contribution in [1.82, 2.24) is 49.7 Å². The summed E-state index contributed by atoms with van der Waals surface area (Å²) in [6, 6.07) is 12.4. The van der Waals surface area contributed by atoms with Gasteiger partial charge in [-0.1, -0.05) is 47.0 Å². The summed E-state index contributed by atoms with van der Waals surface area (Å²) in [6.45, 7) is 4.94. The molecule has 19 nitrogen and oxygen atoms in total. The first-order valence-corrected chi connectivity index (χ1v) is 34.2. The van der Waals surface area contributed by atoms with Crippen LogP contribution in [0.5, 0.6) is 12.0 Å². The minimum Gasteiger partial charge on any atom is -0.461 e. The fourth-order valence-electron chi connectivity index (χ4n) is 16.1. The zero-order valence-corrected chi connectivity index (χ0v) is 54.5. The summed E-state index contributed by atoms with van der Waals surface area (Å²) in [5.74, 6) is -2.03. The third-order valence-corrected chi connectivity index (χ3v) is 23.2. The maximum Gasteiger partial charge on any atom is 0.344 e. The molecule has 7 aliphatic rings. The number of nitrogens with zero attached hydrogens (tertiary/aromatic N) is 13. The van der Waals surface area contributed by atoms with Crippen LogP contribution in [0.15, 0.2) is 54.2 Å². The molecule has 16 rings (SSSR count). The lowest BCUT2D eigenvalue weighted by molar-refractivity contribution is 0.107. The van der Waals surface area contributed by atoms with Crippen LogP contribution in [0, 0.1) is 45.9 Å². The second-order valence-corrected chi connectivity index (χ2v) is 29.2. The number of carbonyl (C=O) groups is 1. The first kappa shape index (κ1) is 61.6. The van der Waals surface area contributed by atoms with Gasteiger partial charge in [-0.15, -0.1) is 22.7 Å². The number of thiophene rings is 2. The van der Waals surface area contributed by atoms with E-state index in [4.69, 9.17) is 64.2 Å². The number of hydrogen-bond acceptors (Lipinski definition) is 19. The fraction of sp³-hybridized carbons (Fsp3) is 0.403. The zero-order chi connectivity index (χ0) is 65.5. The number of likely N-dealkylation sites (N-methyl/N-ethyl adjacent to an activating group) is 1. The first-order chi connectivity index (χ1) is 45.9. The molecule has 6 saturated heterocycles. The van der Waals surface area contributed by atoms with Gasteiger partial charge < -0.3 is 41.0 Å². The molecule has 12 heterocycles. The van der Waals surface area contributed by atoms with Crippen molar-refractivity contribution >= 4 is 116 Å². The summed E-state index contributed by atoms with van der Waals surface area (Å²) in [5.41, 5.74) is 14.0. The monoisotopic (exact) mass is 1370 g/mol. The van der Waals surface area contributed by atoms with E-state index >= 15 is 17.6 Å². The average molecular weight is 1370 g/mol. The molecule has 2 bridgehead atoms. The molecule has 5 aromatic heterocycles. The van der Waals surface area contributed by atoms with Crippen molar-refractivity contribution in [3.63, 3.8) is 0 Å². The Hall–Kier alpha value is -8.21.